The van der Waals surface area contributed by atoms with E-state index in [9.17, 15) is 4.79 Å². The molecule has 19 heavy (non-hydrogen) atoms. The summed E-state index contributed by atoms with van der Waals surface area (Å²) in [5.74, 6) is -0.194. The molecule has 0 saturated heterocycles. The van der Waals surface area contributed by atoms with Crippen molar-refractivity contribution < 1.29 is 14.3 Å². The Balaban J connectivity index is 0.00000324. The largest absolute Gasteiger partial charge is 0.399 e. The second-order valence-electron chi connectivity index (χ2n) is 3.87. The zero-order valence-corrected chi connectivity index (χ0v) is 12.1. The summed E-state index contributed by atoms with van der Waals surface area (Å²) in [4.78, 5) is 11.6. The Labute approximate surface area is 119 Å². The maximum atomic E-state index is 11.6. The van der Waals surface area contributed by atoms with E-state index < -0.39 is 0 Å². The van der Waals surface area contributed by atoms with Gasteiger partial charge in [0.25, 0.3) is 0 Å². The van der Waals surface area contributed by atoms with Crippen LogP contribution in [0.1, 0.15) is 12.5 Å². The molecule has 0 bridgehead atoms. The molecule has 0 aliphatic heterocycles. The minimum atomic E-state index is -0.194. The molecule has 1 amide bonds. The van der Waals surface area contributed by atoms with E-state index in [4.69, 9.17) is 15.2 Å². The fourth-order valence-electron chi connectivity index (χ4n) is 1.39. The lowest BCUT2D eigenvalue weighted by Crippen LogP contribution is -2.20. The van der Waals surface area contributed by atoms with Gasteiger partial charge in [-0.1, -0.05) is 6.07 Å². The highest BCUT2D eigenvalue weighted by molar-refractivity contribution is 5.92. The lowest BCUT2D eigenvalue weighted by atomic mass is 10.2. The first kappa shape index (κ1) is 17.7. The van der Waals surface area contributed by atoms with Gasteiger partial charge in [0.1, 0.15) is 6.61 Å². The van der Waals surface area contributed by atoms with Crippen molar-refractivity contribution in [3.05, 3.63) is 23.8 Å². The summed E-state index contributed by atoms with van der Waals surface area (Å²) in [6.45, 7) is 5.40. The second-order valence-corrected chi connectivity index (χ2v) is 3.87. The highest BCUT2D eigenvalue weighted by Crippen LogP contribution is 2.17. The first-order valence-corrected chi connectivity index (χ1v) is 5.95. The van der Waals surface area contributed by atoms with Crippen LogP contribution in [0, 0.1) is 6.92 Å². The Morgan fingerprint density at radius 2 is 2.00 bits per heavy atom. The zero-order chi connectivity index (χ0) is 13.4. The average molecular weight is 289 g/mol. The highest BCUT2D eigenvalue weighted by Gasteiger charge is 2.05. The number of nitrogens with one attached hydrogen (secondary N) is 1. The molecule has 1 aromatic rings. The number of nitrogens with two attached hydrogens (primary N) is 1. The molecule has 0 aromatic heterocycles. The van der Waals surface area contributed by atoms with Crippen molar-refractivity contribution in [2.24, 2.45) is 0 Å². The number of carbonyl (C=O) groups is 1. The number of amides is 1. The maximum absolute atomic E-state index is 11.6. The number of nitrogen functional groups attached to an aromatic ring is 1. The van der Waals surface area contributed by atoms with Gasteiger partial charge in [0.05, 0.1) is 13.2 Å². The number of halogens is 1. The van der Waals surface area contributed by atoms with Crippen LogP contribution in [0.3, 0.4) is 0 Å². The first-order valence-electron chi connectivity index (χ1n) is 5.95. The molecule has 0 saturated carbocycles. The fourth-order valence-corrected chi connectivity index (χ4v) is 1.39. The third kappa shape index (κ3) is 7.00. The van der Waals surface area contributed by atoms with Gasteiger partial charge >= 0.3 is 0 Å². The summed E-state index contributed by atoms with van der Waals surface area (Å²) < 4.78 is 10.3. The maximum Gasteiger partial charge on any atom is 0.250 e. The minimum absolute atomic E-state index is 0. The van der Waals surface area contributed by atoms with Crippen molar-refractivity contribution in [1.29, 1.82) is 0 Å². The molecule has 0 spiro atoms. The van der Waals surface area contributed by atoms with Crippen molar-refractivity contribution in [2.45, 2.75) is 13.8 Å². The van der Waals surface area contributed by atoms with Gasteiger partial charge in [0.15, 0.2) is 0 Å². The Hall–Kier alpha value is -1.30. The predicted octanol–water partition coefficient (Wildman–Crippen LogP) is 1.99. The number of hydrogen-bond donors (Lipinski definition) is 2. The van der Waals surface area contributed by atoms with Gasteiger partial charge in [-0.2, -0.15) is 0 Å². The third-order valence-electron chi connectivity index (χ3n) is 2.35. The molecule has 6 heteroatoms. The van der Waals surface area contributed by atoms with Gasteiger partial charge in [-0.25, -0.2) is 0 Å². The number of anilines is 2. The lowest BCUT2D eigenvalue weighted by molar-refractivity contribution is -0.121. The quantitative estimate of drug-likeness (QED) is 0.594. The Bertz CT molecular complexity index is 399. The molecule has 5 nitrogen and oxygen atoms in total. The van der Waals surface area contributed by atoms with E-state index in [1.165, 1.54) is 0 Å². The van der Waals surface area contributed by atoms with Crippen LogP contribution in [0.2, 0.25) is 0 Å². The van der Waals surface area contributed by atoms with Crippen molar-refractivity contribution >= 4 is 29.7 Å². The smallest absolute Gasteiger partial charge is 0.250 e. The van der Waals surface area contributed by atoms with Gasteiger partial charge in [0, 0.05) is 18.0 Å². The molecule has 0 radical (unpaired) electrons. The van der Waals surface area contributed by atoms with Crippen molar-refractivity contribution in [3.63, 3.8) is 0 Å². The van der Waals surface area contributed by atoms with Crippen molar-refractivity contribution in [3.8, 4) is 0 Å². The summed E-state index contributed by atoms with van der Waals surface area (Å²) >= 11 is 0. The summed E-state index contributed by atoms with van der Waals surface area (Å²) in [6.07, 6.45) is 0. The summed E-state index contributed by atoms with van der Waals surface area (Å²) in [5.41, 5.74) is 7.96. The molecule has 0 unspecified atom stereocenters. The van der Waals surface area contributed by atoms with Crippen LogP contribution in [0.15, 0.2) is 18.2 Å². The van der Waals surface area contributed by atoms with Crippen LogP contribution in [-0.2, 0) is 14.3 Å². The van der Waals surface area contributed by atoms with Gasteiger partial charge in [-0.15, -0.1) is 12.4 Å². The number of aryl methyl sites for hydroxylation is 1. The summed E-state index contributed by atoms with van der Waals surface area (Å²) in [6, 6.07) is 5.39. The zero-order valence-electron chi connectivity index (χ0n) is 11.3. The minimum Gasteiger partial charge on any atom is -0.399 e. The summed E-state index contributed by atoms with van der Waals surface area (Å²) in [5, 5.41) is 2.76. The molecular formula is C13H21ClN2O3. The van der Waals surface area contributed by atoms with Gasteiger partial charge in [0.2, 0.25) is 5.91 Å². The predicted molar refractivity (Wildman–Crippen MR) is 78.8 cm³/mol. The monoisotopic (exact) mass is 288 g/mol. The topological polar surface area (TPSA) is 73.6 Å². The number of ether oxygens (including phenoxy) is 2. The second kappa shape index (κ2) is 9.61. The van der Waals surface area contributed by atoms with E-state index in [-0.39, 0.29) is 24.9 Å². The van der Waals surface area contributed by atoms with Gasteiger partial charge in [-0.3, -0.25) is 4.79 Å². The normalized spacial score (nSPS) is 9.79. The summed E-state index contributed by atoms with van der Waals surface area (Å²) in [7, 11) is 0. The standard InChI is InChI=1S/C13H20N2O3.ClH/c1-3-17-6-7-18-9-13(16)15-12-8-11(14)5-4-10(12)2;/h4-5,8H,3,6-7,9,14H2,1-2H3,(H,15,16);1H. The number of carbonyl (C=O) groups excluding carboxylic acids is 1. The van der Waals surface area contributed by atoms with E-state index in [2.05, 4.69) is 5.32 Å². The van der Waals surface area contributed by atoms with Crippen LogP contribution >= 0.6 is 12.4 Å². The molecular weight excluding hydrogens is 268 g/mol. The average Bonchev–Trinajstić information content (AvgIpc) is 2.33. The van der Waals surface area contributed by atoms with Crippen LogP contribution in [0.25, 0.3) is 0 Å². The molecule has 3 N–H and O–H groups in total. The van der Waals surface area contributed by atoms with E-state index >= 15 is 0 Å². The van der Waals surface area contributed by atoms with Crippen LogP contribution < -0.4 is 11.1 Å². The van der Waals surface area contributed by atoms with E-state index in [1.807, 2.05) is 19.9 Å². The van der Waals surface area contributed by atoms with Crippen LogP contribution in [-0.4, -0.2) is 32.3 Å². The fraction of sp³-hybridized carbons (Fsp3) is 0.462. The molecule has 1 rings (SSSR count). The van der Waals surface area contributed by atoms with E-state index in [1.54, 1.807) is 12.1 Å². The molecule has 1 aromatic carbocycles. The Morgan fingerprint density at radius 1 is 1.32 bits per heavy atom. The van der Waals surface area contributed by atoms with E-state index in [0.29, 0.717) is 31.2 Å². The lowest BCUT2D eigenvalue weighted by Gasteiger charge is -2.09. The number of rotatable bonds is 7. The Morgan fingerprint density at radius 3 is 2.68 bits per heavy atom. The van der Waals surface area contributed by atoms with Gasteiger partial charge < -0.3 is 20.5 Å². The molecule has 0 atom stereocenters. The molecule has 0 heterocycles. The highest BCUT2D eigenvalue weighted by atomic mass is 35.5. The Kier molecular flexibility index (Phi) is 8.95. The van der Waals surface area contributed by atoms with Crippen LogP contribution in [0.4, 0.5) is 11.4 Å². The van der Waals surface area contributed by atoms with Gasteiger partial charge in [-0.05, 0) is 31.5 Å². The first-order chi connectivity index (χ1) is 8.63. The van der Waals surface area contributed by atoms with Crippen LogP contribution in [0.5, 0.6) is 0 Å². The molecule has 0 fully saturated rings. The SMILES string of the molecule is CCOCCOCC(=O)Nc1cc(N)ccc1C.Cl. The van der Waals surface area contributed by atoms with Crippen molar-refractivity contribution in [2.75, 3.05) is 37.5 Å². The third-order valence-corrected chi connectivity index (χ3v) is 2.35. The van der Waals surface area contributed by atoms with E-state index in [0.717, 1.165) is 5.56 Å². The molecule has 0 aliphatic rings. The molecule has 108 valence electrons. The van der Waals surface area contributed by atoms with Crippen molar-refractivity contribution in [1.82, 2.24) is 0 Å². The number of hydrogen-bond acceptors (Lipinski definition) is 4. The number of benzene rings is 1. The molecule has 0 aliphatic carbocycles.